The molecule has 1 unspecified atom stereocenters. The minimum atomic E-state index is -0.260. The Morgan fingerprint density at radius 1 is 1.14 bits per heavy atom. The zero-order valence-electron chi connectivity index (χ0n) is 11.8. The van der Waals surface area contributed by atoms with E-state index in [1.807, 2.05) is 18.4 Å². The maximum Gasteiger partial charge on any atom is 0.233 e. The molecule has 0 saturated carbocycles. The van der Waals surface area contributed by atoms with Crippen LogP contribution in [0.15, 0.2) is 54.6 Å². The molecule has 21 heavy (non-hydrogen) atoms. The summed E-state index contributed by atoms with van der Waals surface area (Å²) < 4.78 is 5.82. The monoisotopic (exact) mass is 278 g/mol. The van der Waals surface area contributed by atoms with Gasteiger partial charge in [0.2, 0.25) is 6.29 Å². The Morgan fingerprint density at radius 3 is 2.67 bits per heavy atom. The summed E-state index contributed by atoms with van der Waals surface area (Å²) in [4.78, 5) is 10.5. The first-order valence-corrected chi connectivity index (χ1v) is 6.86. The van der Waals surface area contributed by atoms with E-state index < -0.39 is 0 Å². The highest BCUT2D eigenvalue weighted by Crippen LogP contribution is 2.28. The van der Waals surface area contributed by atoms with E-state index in [1.165, 1.54) is 5.56 Å². The molecule has 0 bridgehead atoms. The lowest BCUT2D eigenvalue weighted by Gasteiger charge is -2.32. The van der Waals surface area contributed by atoms with Gasteiger partial charge in [-0.2, -0.15) is 0 Å². The van der Waals surface area contributed by atoms with Crippen LogP contribution in [0.2, 0.25) is 0 Å². The molecule has 1 aliphatic rings. The third kappa shape index (κ3) is 2.97. The van der Waals surface area contributed by atoms with Crippen LogP contribution in [0.25, 0.3) is 6.08 Å². The summed E-state index contributed by atoms with van der Waals surface area (Å²) in [5.74, 6) is 0.740. The van der Waals surface area contributed by atoms with Gasteiger partial charge in [-0.3, -0.25) is 4.79 Å². The lowest BCUT2D eigenvalue weighted by molar-refractivity contribution is 0.272. The van der Waals surface area contributed by atoms with Gasteiger partial charge in [-0.05, 0) is 42.8 Å². The second kappa shape index (κ2) is 5.44. The zero-order valence-corrected chi connectivity index (χ0v) is 11.8. The maximum absolute atomic E-state index is 10.5. The van der Waals surface area contributed by atoms with Crippen LogP contribution in [-0.2, 0) is 4.79 Å². The van der Waals surface area contributed by atoms with Crippen LogP contribution in [-0.4, -0.2) is 18.4 Å². The molecule has 3 nitrogen and oxygen atoms in total. The Labute approximate surface area is 124 Å². The van der Waals surface area contributed by atoms with Crippen LogP contribution in [0.5, 0.6) is 5.75 Å². The standard InChI is InChI=1S/C18H16NO2/c1-18(11-10-15-4-2-3-5-17(15)19-18)13-21-16-8-6-14(12-20)7-9-16/h2-11,19H,13H2,1H3. The molecule has 3 rings (SSSR count). The fourth-order valence-corrected chi connectivity index (χ4v) is 2.32. The first-order chi connectivity index (χ1) is 10.2. The third-order valence-electron chi connectivity index (χ3n) is 3.52. The fourth-order valence-electron chi connectivity index (χ4n) is 2.32. The molecule has 2 aromatic rings. The van der Waals surface area contributed by atoms with Crippen molar-refractivity contribution in [3.05, 3.63) is 65.7 Å². The van der Waals surface area contributed by atoms with E-state index in [0.717, 1.165) is 11.4 Å². The van der Waals surface area contributed by atoms with Gasteiger partial charge < -0.3 is 10.1 Å². The van der Waals surface area contributed by atoms with E-state index in [0.29, 0.717) is 12.2 Å². The molecule has 1 aliphatic heterocycles. The van der Waals surface area contributed by atoms with Crippen molar-refractivity contribution in [2.75, 3.05) is 11.9 Å². The summed E-state index contributed by atoms with van der Waals surface area (Å²) in [5, 5.41) is 3.49. The van der Waals surface area contributed by atoms with Crippen LogP contribution >= 0.6 is 0 Å². The molecule has 2 aromatic carbocycles. The molecule has 0 amide bonds. The molecule has 0 aliphatic carbocycles. The van der Waals surface area contributed by atoms with Gasteiger partial charge in [0, 0.05) is 11.3 Å². The number of para-hydroxylation sites is 1. The Bertz CT molecular complexity index is 676. The fraction of sp³-hybridized carbons (Fsp3) is 0.167. The normalized spacial score (nSPS) is 19.5. The summed E-state index contributed by atoms with van der Waals surface area (Å²) in [6.45, 7) is 2.59. The SMILES string of the molecule is CC1(COc2ccc([C]=O)cc2)C=Cc2ccccc2N1. The quantitative estimate of drug-likeness (QED) is 0.931. The third-order valence-corrected chi connectivity index (χ3v) is 3.52. The van der Waals surface area contributed by atoms with Crippen molar-refractivity contribution < 1.29 is 9.53 Å². The minimum absolute atomic E-state index is 0.260. The molecule has 105 valence electrons. The summed E-state index contributed by atoms with van der Waals surface area (Å²) in [6.07, 6.45) is 6.07. The number of carbonyl (C=O) groups excluding carboxylic acids is 1. The predicted molar refractivity (Wildman–Crippen MR) is 84.2 cm³/mol. The number of anilines is 1. The number of nitrogens with one attached hydrogen (secondary N) is 1. The molecule has 0 aromatic heterocycles. The summed E-state index contributed by atoms with van der Waals surface area (Å²) in [7, 11) is 0. The van der Waals surface area contributed by atoms with Gasteiger partial charge in [0.15, 0.2) is 0 Å². The van der Waals surface area contributed by atoms with E-state index in [4.69, 9.17) is 4.74 Å². The van der Waals surface area contributed by atoms with E-state index in [2.05, 4.69) is 36.5 Å². The smallest absolute Gasteiger partial charge is 0.233 e. The molecule has 1 N–H and O–H groups in total. The van der Waals surface area contributed by atoms with Crippen LogP contribution in [0.4, 0.5) is 5.69 Å². The van der Waals surface area contributed by atoms with Gasteiger partial charge in [-0.1, -0.05) is 30.4 Å². The average molecular weight is 278 g/mol. The zero-order chi connectivity index (χ0) is 14.7. The average Bonchev–Trinajstić information content (AvgIpc) is 2.53. The second-order valence-corrected chi connectivity index (χ2v) is 5.38. The number of ether oxygens (including phenoxy) is 1. The number of fused-ring (bicyclic) bond motifs is 1. The highest BCUT2D eigenvalue weighted by Gasteiger charge is 2.25. The highest BCUT2D eigenvalue weighted by atomic mass is 16.5. The van der Waals surface area contributed by atoms with Crippen LogP contribution in [0, 0.1) is 0 Å². The van der Waals surface area contributed by atoms with E-state index in [-0.39, 0.29) is 5.54 Å². The van der Waals surface area contributed by atoms with Gasteiger partial charge in [0.1, 0.15) is 12.4 Å². The van der Waals surface area contributed by atoms with E-state index in [9.17, 15) is 4.79 Å². The first kappa shape index (κ1) is 13.4. The Hall–Kier alpha value is -2.55. The number of hydrogen-bond acceptors (Lipinski definition) is 3. The van der Waals surface area contributed by atoms with Crippen molar-refractivity contribution >= 4 is 18.0 Å². The highest BCUT2D eigenvalue weighted by molar-refractivity contribution is 5.75. The summed E-state index contributed by atoms with van der Waals surface area (Å²) in [6, 6.07) is 15.1. The lowest BCUT2D eigenvalue weighted by atomic mass is 9.95. The van der Waals surface area contributed by atoms with Gasteiger partial charge in [0.05, 0.1) is 5.54 Å². The Balaban J connectivity index is 1.69. The predicted octanol–water partition coefficient (Wildman–Crippen LogP) is 3.42. The van der Waals surface area contributed by atoms with Gasteiger partial charge in [-0.25, -0.2) is 0 Å². The molecule has 0 spiro atoms. The van der Waals surface area contributed by atoms with Crippen molar-refractivity contribution in [2.45, 2.75) is 12.5 Å². The van der Waals surface area contributed by atoms with Gasteiger partial charge in [-0.15, -0.1) is 0 Å². The molecule has 1 radical (unpaired) electrons. The molecule has 0 saturated heterocycles. The first-order valence-electron chi connectivity index (χ1n) is 6.86. The van der Waals surface area contributed by atoms with E-state index in [1.54, 1.807) is 24.3 Å². The van der Waals surface area contributed by atoms with Gasteiger partial charge in [0.25, 0.3) is 0 Å². The molecular weight excluding hydrogens is 262 g/mol. The van der Waals surface area contributed by atoms with Crippen LogP contribution in [0.1, 0.15) is 18.1 Å². The topological polar surface area (TPSA) is 38.3 Å². The van der Waals surface area contributed by atoms with Crippen molar-refractivity contribution in [2.24, 2.45) is 0 Å². The van der Waals surface area contributed by atoms with E-state index >= 15 is 0 Å². The molecule has 3 heteroatoms. The van der Waals surface area contributed by atoms with Gasteiger partial charge >= 0.3 is 0 Å². The second-order valence-electron chi connectivity index (χ2n) is 5.38. The minimum Gasteiger partial charge on any atom is -0.491 e. The summed E-state index contributed by atoms with van der Waals surface area (Å²) in [5.41, 5.74) is 2.56. The van der Waals surface area contributed by atoms with Crippen molar-refractivity contribution in [1.29, 1.82) is 0 Å². The maximum atomic E-state index is 10.5. The Kier molecular flexibility index (Phi) is 3.48. The summed E-state index contributed by atoms with van der Waals surface area (Å²) >= 11 is 0. The van der Waals surface area contributed by atoms with Crippen molar-refractivity contribution in [3.8, 4) is 5.75 Å². The number of hydrogen-bond donors (Lipinski definition) is 1. The molecular formula is C18H16NO2. The molecule has 0 fully saturated rings. The van der Waals surface area contributed by atoms with Crippen LogP contribution in [0.3, 0.4) is 0 Å². The number of benzene rings is 2. The molecule has 1 atom stereocenters. The molecule has 1 heterocycles. The van der Waals surface area contributed by atoms with Crippen molar-refractivity contribution in [1.82, 2.24) is 0 Å². The largest absolute Gasteiger partial charge is 0.491 e. The van der Waals surface area contributed by atoms with Crippen molar-refractivity contribution in [3.63, 3.8) is 0 Å². The van der Waals surface area contributed by atoms with Crippen LogP contribution < -0.4 is 10.1 Å². The lowest BCUT2D eigenvalue weighted by Crippen LogP contribution is -2.40. The Morgan fingerprint density at radius 2 is 1.90 bits per heavy atom. The number of rotatable bonds is 4.